The van der Waals surface area contributed by atoms with E-state index in [1.165, 1.54) is 0 Å². The fraction of sp³-hybridized carbons (Fsp3) is 0.632. The van der Waals surface area contributed by atoms with Gasteiger partial charge in [-0.05, 0) is 71.9 Å². The van der Waals surface area contributed by atoms with Crippen LogP contribution in [0.3, 0.4) is 0 Å². The third-order valence-electron chi connectivity index (χ3n) is 3.75. The Morgan fingerprint density at radius 3 is 2.38 bits per heavy atom. The molecule has 0 unspecified atom stereocenters. The molecule has 1 aliphatic rings. The molecule has 5 heteroatoms. The molecule has 1 fully saturated rings. The van der Waals surface area contributed by atoms with Crippen LogP contribution in [0.4, 0.5) is 5.69 Å². The number of piperidine rings is 1. The van der Waals surface area contributed by atoms with Crippen LogP contribution in [0, 0.1) is 0 Å². The first-order valence-electron chi connectivity index (χ1n) is 8.82. The summed E-state index contributed by atoms with van der Waals surface area (Å²) in [4.78, 5) is 14.7. The number of anilines is 1. The highest BCUT2D eigenvalue weighted by Crippen LogP contribution is 2.27. The van der Waals surface area contributed by atoms with Crippen LogP contribution >= 0.6 is 0 Å². The zero-order valence-corrected chi connectivity index (χ0v) is 16.0. The highest BCUT2D eigenvalue weighted by Gasteiger charge is 2.20. The summed E-state index contributed by atoms with van der Waals surface area (Å²) in [6, 6.07) is 5.44. The van der Waals surface area contributed by atoms with Crippen molar-refractivity contribution in [2.45, 2.75) is 59.1 Å². The lowest BCUT2D eigenvalue weighted by Crippen LogP contribution is -2.43. The van der Waals surface area contributed by atoms with Gasteiger partial charge in [0.25, 0.3) is 5.91 Å². The van der Waals surface area contributed by atoms with E-state index in [2.05, 4.69) is 17.3 Å². The van der Waals surface area contributed by atoms with Gasteiger partial charge in [0.2, 0.25) is 0 Å². The first-order chi connectivity index (χ1) is 11.2. The minimum atomic E-state index is -0.350. The molecular weight excluding hydrogens is 302 g/mol. The maximum Gasteiger partial charge on any atom is 0.251 e. The molecule has 0 radical (unpaired) electrons. The van der Waals surface area contributed by atoms with E-state index in [1.54, 1.807) is 18.2 Å². The van der Waals surface area contributed by atoms with Crippen LogP contribution in [0.1, 0.15) is 57.8 Å². The van der Waals surface area contributed by atoms with E-state index < -0.39 is 0 Å². The van der Waals surface area contributed by atoms with Crippen molar-refractivity contribution in [1.29, 1.82) is 0 Å². The first kappa shape index (κ1) is 20.3. The molecule has 1 saturated heterocycles. The van der Waals surface area contributed by atoms with Crippen LogP contribution in [-0.2, 0) is 0 Å². The number of ether oxygens (including phenoxy) is 1. The number of likely N-dealkylation sites (tertiary alicyclic amines) is 1. The molecule has 0 spiro atoms. The number of rotatable bonds is 3. The highest BCUT2D eigenvalue weighted by atomic mass is 16.5. The largest absolute Gasteiger partial charge is 0.486 e. The molecule has 0 aromatic heterocycles. The van der Waals surface area contributed by atoms with Gasteiger partial charge >= 0.3 is 0 Å². The normalized spacial score (nSPS) is 16.1. The molecule has 24 heavy (non-hydrogen) atoms. The van der Waals surface area contributed by atoms with Crippen LogP contribution in [0.25, 0.3) is 0 Å². The van der Waals surface area contributed by atoms with Crippen molar-refractivity contribution in [3.63, 3.8) is 0 Å². The summed E-state index contributed by atoms with van der Waals surface area (Å²) in [5.74, 6) is 0.497. The average molecular weight is 335 g/mol. The Morgan fingerprint density at radius 1 is 1.25 bits per heavy atom. The van der Waals surface area contributed by atoms with E-state index in [0.29, 0.717) is 17.0 Å². The summed E-state index contributed by atoms with van der Waals surface area (Å²) in [6.07, 6.45) is 1.98. The Kier molecular flexibility index (Phi) is 7.55. The van der Waals surface area contributed by atoms with Gasteiger partial charge in [-0.3, -0.25) is 4.79 Å². The molecule has 1 heterocycles. The number of hydrogen-bond acceptors (Lipinski definition) is 4. The minimum absolute atomic E-state index is 0.0617. The maximum atomic E-state index is 12.4. The number of carbonyl (C=O) groups is 1. The number of nitrogens with two attached hydrogens (primary N) is 1. The minimum Gasteiger partial charge on any atom is -0.486 e. The molecule has 3 N–H and O–H groups in total. The third kappa shape index (κ3) is 6.40. The molecule has 0 bridgehead atoms. The van der Waals surface area contributed by atoms with Crippen LogP contribution < -0.4 is 15.8 Å². The summed E-state index contributed by atoms with van der Waals surface area (Å²) in [7, 11) is 2.11. The fourth-order valence-electron chi connectivity index (χ4n) is 2.52. The summed E-state index contributed by atoms with van der Waals surface area (Å²) in [5, 5.41) is 3.10. The number of carbonyl (C=O) groups excluding carboxylic acids is 1. The van der Waals surface area contributed by atoms with Gasteiger partial charge in [0.1, 0.15) is 11.4 Å². The molecule has 1 aromatic carbocycles. The third-order valence-corrected chi connectivity index (χ3v) is 3.75. The van der Waals surface area contributed by atoms with E-state index in [9.17, 15) is 4.79 Å². The van der Waals surface area contributed by atoms with Gasteiger partial charge < -0.3 is 20.7 Å². The second kappa shape index (κ2) is 8.92. The first-order valence-corrected chi connectivity index (χ1v) is 8.82. The van der Waals surface area contributed by atoms with E-state index in [0.717, 1.165) is 25.9 Å². The van der Waals surface area contributed by atoms with E-state index in [1.807, 2.05) is 34.6 Å². The van der Waals surface area contributed by atoms with E-state index in [4.69, 9.17) is 10.5 Å². The number of nitrogen functional groups attached to an aromatic ring is 1. The highest BCUT2D eigenvalue weighted by molar-refractivity contribution is 5.95. The van der Waals surface area contributed by atoms with E-state index in [-0.39, 0.29) is 17.6 Å². The molecule has 1 amide bonds. The van der Waals surface area contributed by atoms with Gasteiger partial charge in [0.15, 0.2) is 0 Å². The lowest BCUT2D eigenvalue weighted by molar-refractivity contribution is 0.0914. The molecule has 0 saturated carbocycles. The zero-order valence-electron chi connectivity index (χ0n) is 16.0. The SMILES string of the molecule is CC.CN1CCC(NC(=O)c2ccc(N)c(OC(C)(C)C)c2)CC1. The van der Waals surface area contributed by atoms with Gasteiger partial charge in [0.05, 0.1) is 5.69 Å². The van der Waals surface area contributed by atoms with Crippen molar-refractivity contribution in [3.05, 3.63) is 23.8 Å². The van der Waals surface area contributed by atoms with E-state index >= 15 is 0 Å². The number of nitrogens with zero attached hydrogens (tertiary/aromatic N) is 1. The molecule has 1 aromatic rings. The van der Waals surface area contributed by atoms with Crippen LogP contribution in [0.2, 0.25) is 0 Å². The van der Waals surface area contributed by atoms with Crippen LogP contribution in [0.15, 0.2) is 18.2 Å². The molecule has 1 aliphatic heterocycles. The van der Waals surface area contributed by atoms with Gasteiger partial charge in [-0.25, -0.2) is 0 Å². The monoisotopic (exact) mass is 335 g/mol. The van der Waals surface area contributed by atoms with Gasteiger partial charge in [0, 0.05) is 11.6 Å². The van der Waals surface area contributed by atoms with Crippen molar-refractivity contribution in [2.24, 2.45) is 0 Å². The van der Waals surface area contributed by atoms with Crippen molar-refractivity contribution in [3.8, 4) is 5.75 Å². The van der Waals surface area contributed by atoms with Crippen LogP contribution in [0.5, 0.6) is 5.75 Å². The Hall–Kier alpha value is -1.75. The summed E-state index contributed by atoms with van der Waals surface area (Å²) >= 11 is 0. The Labute approximate surface area is 146 Å². The number of hydrogen-bond donors (Lipinski definition) is 2. The second-order valence-electron chi connectivity index (χ2n) is 7.02. The smallest absolute Gasteiger partial charge is 0.251 e. The number of benzene rings is 1. The summed E-state index contributed by atoms with van der Waals surface area (Å²) < 4.78 is 5.82. The average Bonchev–Trinajstić information content (AvgIpc) is 2.52. The molecule has 2 rings (SSSR count). The van der Waals surface area contributed by atoms with Gasteiger partial charge in [-0.1, -0.05) is 13.8 Å². The van der Waals surface area contributed by atoms with Crippen molar-refractivity contribution < 1.29 is 9.53 Å². The number of amides is 1. The summed E-state index contributed by atoms with van der Waals surface area (Å²) in [6.45, 7) is 11.9. The molecular formula is C19H33N3O2. The molecule has 0 aliphatic carbocycles. The van der Waals surface area contributed by atoms with Gasteiger partial charge in [-0.15, -0.1) is 0 Å². The molecule has 0 atom stereocenters. The van der Waals surface area contributed by atoms with Crippen LogP contribution in [-0.4, -0.2) is 42.6 Å². The predicted octanol–water partition coefficient (Wildman–Crippen LogP) is 3.30. The maximum absolute atomic E-state index is 12.4. The molecule has 136 valence electrons. The second-order valence-corrected chi connectivity index (χ2v) is 7.02. The Morgan fingerprint density at radius 2 is 1.83 bits per heavy atom. The molecule has 5 nitrogen and oxygen atoms in total. The number of nitrogens with one attached hydrogen (secondary N) is 1. The lowest BCUT2D eigenvalue weighted by Gasteiger charge is -2.29. The lowest BCUT2D eigenvalue weighted by atomic mass is 10.0. The summed E-state index contributed by atoms with van der Waals surface area (Å²) in [5.41, 5.74) is 6.72. The Balaban J connectivity index is 0.00000139. The predicted molar refractivity (Wildman–Crippen MR) is 101 cm³/mol. The van der Waals surface area contributed by atoms with Crippen molar-refractivity contribution in [2.75, 3.05) is 25.9 Å². The topological polar surface area (TPSA) is 67.6 Å². The van der Waals surface area contributed by atoms with Crippen molar-refractivity contribution in [1.82, 2.24) is 10.2 Å². The standard InChI is InChI=1S/C17H27N3O2.C2H6/c1-17(2,3)22-15-11-12(5-6-14(15)18)16(21)19-13-7-9-20(4)10-8-13;1-2/h5-6,11,13H,7-10,18H2,1-4H3,(H,19,21);1-2H3. The Bertz CT molecular complexity index is 530. The van der Waals surface area contributed by atoms with Gasteiger partial charge in [-0.2, -0.15) is 0 Å². The fourth-order valence-corrected chi connectivity index (χ4v) is 2.52. The zero-order chi connectivity index (χ0) is 18.3. The quantitative estimate of drug-likeness (QED) is 0.832. The van der Waals surface area contributed by atoms with Crippen molar-refractivity contribution >= 4 is 11.6 Å².